The van der Waals surface area contributed by atoms with Crippen LogP contribution in [0.5, 0.6) is 10.9 Å². The van der Waals surface area contributed by atoms with Crippen molar-refractivity contribution in [1.82, 2.24) is 25.3 Å². The highest BCUT2D eigenvalue weighted by atomic mass is 35.5. The zero-order chi connectivity index (χ0) is 20.6. The van der Waals surface area contributed by atoms with Gasteiger partial charge in [-0.3, -0.25) is 10.00 Å². The van der Waals surface area contributed by atoms with Crippen molar-refractivity contribution in [3.05, 3.63) is 36.7 Å². The zero-order valence-electron chi connectivity index (χ0n) is 18.0. The Bertz CT molecular complexity index is 958. The van der Waals surface area contributed by atoms with Gasteiger partial charge in [-0.25, -0.2) is 0 Å². The van der Waals surface area contributed by atoms with Crippen LogP contribution in [0.25, 0.3) is 11.1 Å². The van der Waals surface area contributed by atoms with Crippen LogP contribution in [0.1, 0.15) is 34.1 Å². The van der Waals surface area contributed by atoms with Gasteiger partial charge in [0.25, 0.3) is 0 Å². The predicted octanol–water partition coefficient (Wildman–Crippen LogP) is 5.27. The number of hydrogen-bond acceptors (Lipinski definition) is 7. The number of nitrogens with one attached hydrogen (secondary N) is 2. The third-order valence-electron chi connectivity index (χ3n) is 6.80. The summed E-state index contributed by atoms with van der Waals surface area (Å²) in [5.74, 6) is 1.34. The van der Waals surface area contributed by atoms with Gasteiger partial charge < -0.3 is 10.1 Å². The number of halogens is 1. The first-order valence-corrected chi connectivity index (χ1v) is 10.7. The number of H-pyrrole nitrogens is 1. The van der Waals surface area contributed by atoms with Gasteiger partial charge in [-0.2, -0.15) is 5.10 Å². The van der Waals surface area contributed by atoms with Crippen LogP contribution < -0.4 is 10.1 Å². The van der Waals surface area contributed by atoms with Gasteiger partial charge in [-0.1, -0.05) is 38.0 Å². The first-order chi connectivity index (χ1) is 13.8. The van der Waals surface area contributed by atoms with E-state index in [9.17, 15) is 0 Å². The predicted molar refractivity (Wildman–Crippen MR) is 123 cm³/mol. The first kappa shape index (κ1) is 22.5. The van der Waals surface area contributed by atoms with Crippen molar-refractivity contribution < 1.29 is 4.74 Å². The fourth-order valence-electron chi connectivity index (χ4n) is 3.93. The molecule has 4 rings (SSSR count). The van der Waals surface area contributed by atoms with Gasteiger partial charge in [0.15, 0.2) is 0 Å². The van der Waals surface area contributed by atoms with E-state index in [1.165, 1.54) is 17.8 Å². The van der Waals surface area contributed by atoms with Crippen LogP contribution in [0.3, 0.4) is 0 Å². The van der Waals surface area contributed by atoms with E-state index in [2.05, 4.69) is 65.4 Å². The number of likely N-dealkylation sites (tertiary alicyclic amines) is 1. The monoisotopic (exact) mass is 448 g/mol. The van der Waals surface area contributed by atoms with E-state index in [0.29, 0.717) is 11.1 Å². The summed E-state index contributed by atoms with van der Waals surface area (Å²) in [5, 5.41) is 20.3. The topological polar surface area (TPSA) is 79.0 Å². The molecule has 2 N–H and O–H groups in total. The van der Waals surface area contributed by atoms with Crippen molar-refractivity contribution in [3.8, 4) is 22.1 Å². The van der Waals surface area contributed by atoms with Crippen LogP contribution in [-0.2, 0) is 0 Å². The molecule has 2 atom stereocenters. The molecule has 1 saturated heterocycles. The van der Waals surface area contributed by atoms with Gasteiger partial charge in [0, 0.05) is 23.7 Å². The Morgan fingerprint density at radius 3 is 2.57 bits per heavy atom. The summed E-state index contributed by atoms with van der Waals surface area (Å²) in [7, 11) is 2.17. The highest BCUT2D eigenvalue weighted by molar-refractivity contribution is 7.16. The Morgan fingerprint density at radius 2 is 1.90 bits per heavy atom. The first-order valence-electron chi connectivity index (χ1n) is 9.89. The SMILES string of the molecule is CC1CCN(C)C(C)(Nc2nnc(Oc3ccc(-c4cn[nH]c4)cc3)s2)C1(C)C.Cl. The minimum Gasteiger partial charge on any atom is -0.430 e. The Balaban J connectivity index is 0.00000256. The molecular formula is C21H29ClN6OS. The Labute approximate surface area is 187 Å². The van der Waals surface area contributed by atoms with E-state index in [1.807, 2.05) is 30.5 Å². The van der Waals surface area contributed by atoms with E-state index in [4.69, 9.17) is 4.74 Å². The van der Waals surface area contributed by atoms with Crippen LogP contribution in [0.2, 0.25) is 0 Å². The Morgan fingerprint density at radius 1 is 1.17 bits per heavy atom. The van der Waals surface area contributed by atoms with Gasteiger partial charge in [-0.05, 0) is 55.3 Å². The summed E-state index contributed by atoms with van der Waals surface area (Å²) >= 11 is 1.43. The molecule has 3 aromatic rings. The fraction of sp³-hybridized carbons (Fsp3) is 0.476. The smallest absolute Gasteiger partial charge is 0.301 e. The van der Waals surface area contributed by atoms with Crippen molar-refractivity contribution in [2.75, 3.05) is 18.9 Å². The van der Waals surface area contributed by atoms with Crippen LogP contribution in [0.15, 0.2) is 36.7 Å². The minimum absolute atomic E-state index is 0. The Kier molecular flexibility index (Phi) is 6.40. The van der Waals surface area contributed by atoms with Gasteiger partial charge in [0.1, 0.15) is 5.75 Å². The molecule has 1 fully saturated rings. The number of nitrogens with zero attached hydrogens (tertiary/aromatic N) is 4. The van der Waals surface area contributed by atoms with E-state index < -0.39 is 0 Å². The highest BCUT2D eigenvalue weighted by Gasteiger charge is 2.50. The number of piperidine rings is 1. The second kappa shape index (κ2) is 8.53. The molecule has 0 saturated carbocycles. The summed E-state index contributed by atoms with van der Waals surface area (Å²) < 4.78 is 5.92. The molecule has 30 heavy (non-hydrogen) atoms. The maximum atomic E-state index is 5.92. The van der Waals surface area contributed by atoms with E-state index in [1.54, 1.807) is 6.20 Å². The molecule has 2 aromatic heterocycles. The van der Waals surface area contributed by atoms with Crippen LogP contribution >= 0.6 is 23.7 Å². The molecule has 2 unspecified atom stereocenters. The largest absolute Gasteiger partial charge is 0.430 e. The molecule has 162 valence electrons. The van der Waals surface area contributed by atoms with Gasteiger partial charge in [-0.15, -0.1) is 17.5 Å². The van der Waals surface area contributed by atoms with E-state index >= 15 is 0 Å². The molecule has 7 nitrogen and oxygen atoms in total. The number of anilines is 1. The molecule has 3 heterocycles. The normalized spacial score (nSPS) is 23.6. The summed E-state index contributed by atoms with van der Waals surface area (Å²) in [4.78, 5) is 2.38. The molecule has 0 radical (unpaired) electrons. The lowest BCUT2D eigenvalue weighted by Crippen LogP contribution is -2.65. The number of hydrogen-bond donors (Lipinski definition) is 2. The number of ether oxygens (including phenoxy) is 1. The molecule has 0 spiro atoms. The van der Waals surface area contributed by atoms with Crippen molar-refractivity contribution in [1.29, 1.82) is 0 Å². The molecule has 1 aliphatic rings. The molecule has 0 bridgehead atoms. The third kappa shape index (κ3) is 4.04. The van der Waals surface area contributed by atoms with Crippen molar-refractivity contribution >= 4 is 28.9 Å². The van der Waals surface area contributed by atoms with Gasteiger partial charge >= 0.3 is 5.19 Å². The standard InChI is InChI=1S/C21H28N6OS.ClH/c1-14-10-11-27(5)21(4,20(14,2)3)24-18-25-26-19(29-18)28-17-8-6-15(7-9-17)16-12-22-23-13-16;/h6-9,12-14H,10-11H2,1-5H3,(H,22,23)(H,24,25);1H. The number of rotatable bonds is 5. The molecule has 9 heteroatoms. The average Bonchev–Trinajstić information content (AvgIpc) is 3.37. The average molecular weight is 449 g/mol. The summed E-state index contributed by atoms with van der Waals surface area (Å²) in [6.45, 7) is 10.3. The molecule has 1 aromatic carbocycles. The maximum absolute atomic E-state index is 5.92. The molecule has 1 aliphatic heterocycles. The summed E-state index contributed by atoms with van der Waals surface area (Å²) in [5.41, 5.74) is 1.99. The lowest BCUT2D eigenvalue weighted by molar-refractivity contribution is -0.0444. The second-order valence-electron chi connectivity index (χ2n) is 8.52. The summed E-state index contributed by atoms with van der Waals surface area (Å²) in [6.07, 6.45) is 4.85. The molecular weight excluding hydrogens is 420 g/mol. The lowest BCUT2D eigenvalue weighted by Gasteiger charge is -2.57. The van der Waals surface area contributed by atoms with Crippen LogP contribution in [-0.4, -0.2) is 44.5 Å². The van der Waals surface area contributed by atoms with Crippen LogP contribution in [0, 0.1) is 11.3 Å². The van der Waals surface area contributed by atoms with Crippen molar-refractivity contribution in [3.63, 3.8) is 0 Å². The fourth-order valence-corrected chi connectivity index (χ4v) is 4.65. The van der Waals surface area contributed by atoms with E-state index in [0.717, 1.165) is 28.6 Å². The van der Waals surface area contributed by atoms with Gasteiger partial charge in [0.05, 0.1) is 11.9 Å². The van der Waals surface area contributed by atoms with E-state index in [-0.39, 0.29) is 23.5 Å². The number of aromatic amines is 1. The second-order valence-corrected chi connectivity index (χ2v) is 9.46. The third-order valence-corrected chi connectivity index (χ3v) is 7.51. The van der Waals surface area contributed by atoms with Crippen molar-refractivity contribution in [2.45, 2.75) is 39.8 Å². The van der Waals surface area contributed by atoms with Gasteiger partial charge in [0.2, 0.25) is 5.13 Å². The van der Waals surface area contributed by atoms with Crippen LogP contribution in [0.4, 0.5) is 5.13 Å². The molecule has 0 amide bonds. The summed E-state index contributed by atoms with van der Waals surface area (Å²) in [6, 6.07) is 7.86. The van der Waals surface area contributed by atoms with Crippen molar-refractivity contribution in [2.24, 2.45) is 11.3 Å². The number of benzene rings is 1. The highest BCUT2D eigenvalue weighted by Crippen LogP contribution is 2.47. The maximum Gasteiger partial charge on any atom is 0.301 e. The number of aromatic nitrogens is 4. The quantitative estimate of drug-likeness (QED) is 0.553. The lowest BCUT2D eigenvalue weighted by atomic mass is 9.66. The molecule has 0 aliphatic carbocycles. The Hall–Kier alpha value is -2.16. The minimum atomic E-state index is -0.215. The zero-order valence-corrected chi connectivity index (χ0v) is 19.6.